The van der Waals surface area contributed by atoms with Crippen molar-refractivity contribution in [1.82, 2.24) is 10.2 Å². The van der Waals surface area contributed by atoms with Crippen molar-refractivity contribution in [2.75, 3.05) is 13.1 Å². The Bertz CT molecular complexity index is 826. The first-order valence-corrected chi connectivity index (χ1v) is 9.10. The minimum atomic E-state index is -0.914. The van der Waals surface area contributed by atoms with Gasteiger partial charge in [0.25, 0.3) is 0 Å². The normalized spacial score (nSPS) is 17.0. The van der Waals surface area contributed by atoms with E-state index in [2.05, 4.69) is 16.3 Å². The van der Waals surface area contributed by atoms with Crippen LogP contribution in [0.15, 0.2) is 36.4 Å². The van der Waals surface area contributed by atoms with Crippen LogP contribution in [0.3, 0.4) is 0 Å². The van der Waals surface area contributed by atoms with Crippen LogP contribution in [-0.2, 0) is 17.9 Å². The number of nitrogens with one attached hydrogen (secondary N) is 1. The molecular formula is C21H24F2N2O2. The molecule has 0 radical (unpaired) electrons. The zero-order valence-electron chi connectivity index (χ0n) is 15.6. The molecule has 4 nitrogen and oxygen atoms in total. The molecule has 1 amide bonds. The topological polar surface area (TPSA) is 41.6 Å². The van der Waals surface area contributed by atoms with E-state index in [9.17, 15) is 13.6 Å². The highest BCUT2D eigenvalue weighted by Crippen LogP contribution is 2.26. The first-order chi connectivity index (χ1) is 12.9. The molecule has 0 saturated heterocycles. The van der Waals surface area contributed by atoms with Gasteiger partial charge in [0.1, 0.15) is 11.9 Å². The Morgan fingerprint density at radius 1 is 1.30 bits per heavy atom. The Morgan fingerprint density at radius 2 is 2.11 bits per heavy atom. The van der Waals surface area contributed by atoms with Crippen molar-refractivity contribution in [3.05, 3.63) is 64.7 Å². The summed E-state index contributed by atoms with van der Waals surface area (Å²) in [7, 11) is 0. The highest BCUT2D eigenvalue weighted by molar-refractivity contribution is 5.76. The standard InChI is InChI=1S/C21H24F2N2O2/c1-14-6-7-19-17(10-14)13-25(12-15(2)27-19)9-8-20(26)24-11-16-4-3-5-18(22)21(16)23/h3-7,10,15H,8-9,11-13H2,1-2H3,(H,24,26). The lowest BCUT2D eigenvalue weighted by molar-refractivity contribution is -0.121. The molecule has 1 aliphatic rings. The summed E-state index contributed by atoms with van der Waals surface area (Å²) in [5, 5.41) is 2.66. The number of hydrogen-bond donors (Lipinski definition) is 1. The van der Waals surface area contributed by atoms with Crippen molar-refractivity contribution in [2.45, 2.75) is 39.5 Å². The third-order valence-corrected chi connectivity index (χ3v) is 4.62. The van der Waals surface area contributed by atoms with Crippen LogP contribution in [0.25, 0.3) is 0 Å². The van der Waals surface area contributed by atoms with Gasteiger partial charge in [-0.3, -0.25) is 9.69 Å². The summed E-state index contributed by atoms with van der Waals surface area (Å²) in [5.41, 5.74) is 2.42. The molecule has 1 unspecified atom stereocenters. The van der Waals surface area contributed by atoms with Crippen LogP contribution in [-0.4, -0.2) is 30.0 Å². The fourth-order valence-electron chi connectivity index (χ4n) is 3.27. The summed E-state index contributed by atoms with van der Waals surface area (Å²) in [5.74, 6) is -1.12. The molecular weight excluding hydrogens is 350 g/mol. The third kappa shape index (κ3) is 5.04. The number of nitrogens with zero attached hydrogens (tertiary/aromatic N) is 1. The van der Waals surface area contributed by atoms with E-state index in [1.54, 1.807) is 0 Å². The van der Waals surface area contributed by atoms with Gasteiger partial charge in [0, 0.05) is 43.7 Å². The van der Waals surface area contributed by atoms with Crippen LogP contribution < -0.4 is 10.1 Å². The van der Waals surface area contributed by atoms with Crippen LogP contribution in [0.2, 0.25) is 0 Å². The van der Waals surface area contributed by atoms with Gasteiger partial charge in [0.2, 0.25) is 5.91 Å². The molecule has 0 bridgehead atoms. The maximum atomic E-state index is 13.6. The molecule has 1 N–H and O–H groups in total. The van der Waals surface area contributed by atoms with Crippen LogP contribution >= 0.6 is 0 Å². The quantitative estimate of drug-likeness (QED) is 0.870. The molecule has 144 valence electrons. The molecule has 27 heavy (non-hydrogen) atoms. The molecule has 1 atom stereocenters. The number of fused-ring (bicyclic) bond motifs is 1. The molecule has 3 rings (SSSR count). The van der Waals surface area contributed by atoms with E-state index in [0.29, 0.717) is 13.1 Å². The van der Waals surface area contributed by atoms with Gasteiger partial charge in [-0.2, -0.15) is 0 Å². The van der Waals surface area contributed by atoms with Crippen molar-refractivity contribution < 1.29 is 18.3 Å². The van der Waals surface area contributed by atoms with Crippen LogP contribution in [0.1, 0.15) is 30.0 Å². The van der Waals surface area contributed by atoms with Gasteiger partial charge in [-0.05, 0) is 26.0 Å². The van der Waals surface area contributed by atoms with Gasteiger partial charge < -0.3 is 10.1 Å². The summed E-state index contributed by atoms with van der Waals surface area (Å²) in [6.07, 6.45) is 0.309. The number of halogens is 2. The van der Waals surface area contributed by atoms with Crippen molar-refractivity contribution >= 4 is 5.91 Å². The molecule has 1 heterocycles. The molecule has 0 spiro atoms. The minimum Gasteiger partial charge on any atom is -0.489 e. The SMILES string of the molecule is Cc1ccc2c(c1)CN(CCC(=O)NCc1cccc(F)c1F)CC(C)O2. The third-order valence-electron chi connectivity index (χ3n) is 4.62. The number of benzene rings is 2. The summed E-state index contributed by atoms with van der Waals surface area (Å²) in [6, 6.07) is 10.1. The van der Waals surface area contributed by atoms with Gasteiger partial charge in [-0.25, -0.2) is 8.78 Å². The molecule has 0 aliphatic carbocycles. The fourth-order valence-corrected chi connectivity index (χ4v) is 3.27. The zero-order valence-corrected chi connectivity index (χ0v) is 15.6. The predicted octanol–water partition coefficient (Wildman–Crippen LogP) is 3.56. The number of amides is 1. The monoisotopic (exact) mass is 374 g/mol. The lowest BCUT2D eigenvalue weighted by Gasteiger charge is -2.21. The number of aryl methyl sites for hydroxylation is 1. The number of carbonyl (C=O) groups excluding carboxylic acids is 1. The van der Waals surface area contributed by atoms with E-state index < -0.39 is 11.6 Å². The van der Waals surface area contributed by atoms with Gasteiger partial charge in [-0.15, -0.1) is 0 Å². The van der Waals surface area contributed by atoms with Crippen LogP contribution in [0.5, 0.6) is 5.75 Å². The van der Waals surface area contributed by atoms with E-state index in [1.807, 2.05) is 26.0 Å². The van der Waals surface area contributed by atoms with Gasteiger partial charge in [0.15, 0.2) is 11.6 Å². The Morgan fingerprint density at radius 3 is 2.93 bits per heavy atom. The van der Waals surface area contributed by atoms with Crippen molar-refractivity contribution in [1.29, 1.82) is 0 Å². The van der Waals surface area contributed by atoms with Gasteiger partial charge in [-0.1, -0.05) is 29.8 Å². The van der Waals surface area contributed by atoms with Gasteiger partial charge in [0.05, 0.1) is 0 Å². The van der Waals surface area contributed by atoms with E-state index >= 15 is 0 Å². The minimum absolute atomic E-state index is 0.0238. The smallest absolute Gasteiger partial charge is 0.221 e. The Labute approximate surface area is 158 Å². The average molecular weight is 374 g/mol. The Balaban J connectivity index is 1.54. The number of rotatable bonds is 5. The van der Waals surface area contributed by atoms with Crippen molar-refractivity contribution in [3.8, 4) is 5.75 Å². The van der Waals surface area contributed by atoms with Gasteiger partial charge >= 0.3 is 0 Å². The highest BCUT2D eigenvalue weighted by atomic mass is 19.2. The number of ether oxygens (including phenoxy) is 1. The van der Waals surface area contributed by atoms with Crippen molar-refractivity contribution in [3.63, 3.8) is 0 Å². The molecule has 0 fully saturated rings. The molecule has 0 saturated carbocycles. The van der Waals surface area contributed by atoms with E-state index in [4.69, 9.17) is 4.74 Å². The molecule has 2 aromatic rings. The maximum Gasteiger partial charge on any atom is 0.221 e. The van der Waals surface area contributed by atoms with Crippen LogP contribution in [0.4, 0.5) is 8.78 Å². The van der Waals surface area contributed by atoms with E-state index in [-0.39, 0.29) is 30.5 Å². The molecule has 1 aliphatic heterocycles. The Kier molecular flexibility index (Phi) is 6.06. The van der Waals surface area contributed by atoms with E-state index in [0.717, 1.165) is 23.9 Å². The van der Waals surface area contributed by atoms with Crippen LogP contribution in [0, 0.1) is 18.6 Å². The predicted molar refractivity (Wildman–Crippen MR) is 99.4 cm³/mol. The molecule has 6 heteroatoms. The molecule has 2 aromatic carbocycles. The second-order valence-electron chi connectivity index (χ2n) is 7.01. The maximum absolute atomic E-state index is 13.6. The first-order valence-electron chi connectivity index (χ1n) is 9.10. The number of carbonyl (C=O) groups is 1. The van der Waals surface area contributed by atoms with E-state index in [1.165, 1.54) is 17.7 Å². The second kappa shape index (κ2) is 8.48. The lowest BCUT2D eigenvalue weighted by Crippen LogP contribution is -2.34. The number of hydrogen-bond acceptors (Lipinski definition) is 3. The zero-order chi connectivity index (χ0) is 19.4. The summed E-state index contributed by atoms with van der Waals surface area (Å²) < 4.78 is 32.8. The summed E-state index contributed by atoms with van der Waals surface area (Å²) in [6.45, 7) is 6.03. The largest absolute Gasteiger partial charge is 0.489 e. The molecule has 0 aromatic heterocycles. The fraction of sp³-hybridized carbons (Fsp3) is 0.381. The second-order valence-corrected chi connectivity index (χ2v) is 7.01. The highest BCUT2D eigenvalue weighted by Gasteiger charge is 2.20. The first kappa shape index (κ1) is 19.3. The summed E-state index contributed by atoms with van der Waals surface area (Å²) >= 11 is 0. The Hall–Kier alpha value is -2.47. The summed E-state index contributed by atoms with van der Waals surface area (Å²) in [4.78, 5) is 14.3. The van der Waals surface area contributed by atoms with Crippen molar-refractivity contribution in [2.24, 2.45) is 0 Å². The average Bonchev–Trinajstić information content (AvgIpc) is 2.78. The lowest BCUT2D eigenvalue weighted by atomic mass is 10.1.